The standard InChI is InChI=1S/C12H10O2S.C2H4O/c13-15(14,11-7-3-1-4-8-11)12-9-5-2-6-10-12;1-2-3-1/h1-10H;1-2H2. The molecule has 0 N–H and O–H groups in total. The Morgan fingerprint density at radius 2 is 1.06 bits per heavy atom. The topological polar surface area (TPSA) is 46.7 Å². The first-order valence-electron chi connectivity index (χ1n) is 5.64. The highest BCUT2D eigenvalue weighted by Crippen LogP contribution is 2.19. The van der Waals surface area contributed by atoms with Crippen LogP contribution >= 0.6 is 0 Å². The van der Waals surface area contributed by atoms with Crippen molar-refractivity contribution in [3.05, 3.63) is 60.7 Å². The second-order valence-electron chi connectivity index (χ2n) is 3.74. The lowest BCUT2D eigenvalue weighted by atomic mass is 10.4. The molecular formula is C14H14O3S. The summed E-state index contributed by atoms with van der Waals surface area (Å²) in [6.07, 6.45) is 0. The van der Waals surface area contributed by atoms with Gasteiger partial charge in [0.05, 0.1) is 23.0 Å². The Hall–Kier alpha value is -1.65. The maximum absolute atomic E-state index is 12.0. The molecule has 1 fully saturated rings. The van der Waals surface area contributed by atoms with Gasteiger partial charge in [-0.05, 0) is 24.3 Å². The Morgan fingerprint density at radius 1 is 0.722 bits per heavy atom. The molecule has 0 amide bonds. The molecule has 0 radical (unpaired) electrons. The zero-order chi connectivity index (χ0) is 12.8. The van der Waals surface area contributed by atoms with Crippen LogP contribution in [0.5, 0.6) is 0 Å². The summed E-state index contributed by atoms with van der Waals surface area (Å²) in [5, 5.41) is 0. The molecule has 0 saturated carbocycles. The van der Waals surface area contributed by atoms with E-state index in [1.54, 1.807) is 60.7 Å². The normalized spacial score (nSPS) is 13.3. The third-order valence-corrected chi connectivity index (χ3v) is 4.10. The molecule has 0 spiro atoms. The van der Waals surface area contributed by atoms with E-state index >= 15 is 0 Å². The first-order chi connectivity index (χ1) is 8.71. The molecule has 2 aromatic rings. The summed E-state index contributed by atoms with van der Waals surface area (Å²) in [6.45, 7) is 2.00. The highest BCUT2D eigenvalue weighted by molar-refractivity contribution is 7.91. The van der Waals surface area contributed by atoms with E-state index in [2.05, 4.69) is 4.74 Å². The van der Waals surface area contributed by atoms with Gasteiger partial charge in [-0.3, -0.25) is 0 Å². The van der Waals surface area contributed by atoms with E-state index in [4.69, 9.17) is 0 Å². The van der Waals surface area contributed by atoms with Crippen LogP contribution in [-0.2, 0) is 14.6 Å². The van der Waals surface area contributed by atoms with Crippen molar-refractivity contribution in [3.63, 3.8) is 0 Å². The van der Waals surface area contributed by atoms with Gasteiger partial charge in [0.1, 0.15) is 0 Å². The highest BCUT2D eigenvalue weighted by atomic mass is 32.2. The molecule has 4 heteroatoms. The molecule has 1 aliphatic heterocycles. The highest BCUT2D eigenvalue weighted by Gasteiger charge is 2.15. The number of rotatable bonds is 2. The van der Waals surface area contributed by atoms with Gasteiger partial charge in [-0.1, -0.05) is 36.4 Å². The van der Waals surface area contributed by atoms with E-state index in [0.717, 1.165) is 13.2 Å². The molecule has 0 atom stereocenters. The summed E-state index contributed by atoms with van der Waals surface area (Å²) in [7, 11) is -3.34. The van der Waals surface area contributed by atoms with Crippen molar-refractivity contribution in [2.45, 2.75) is 9.79 Å². The second-order valence-corrected chi connectivity index (χ2v) is 5.69. The Balaban J connectivity index is 0.000000350. The number of benzene rings is 2. The number of hydrogen-bond donors (Lipinski definition) is 0. The van der Waals surface area contributed by atoms with E-state index in [-0.39, 0.29) is 0 Å². The van der Waals surface area contributed by atoms with E-state index in [1.807, 2.05) is 0 Å². The van der Waals surface area contributed by atoms with Crippen LogP contribution in [0.25, 0.3) is 0 Å². The second kappa shape index (κ2) is 5.80. The van der Waals surface area contributed by atoms with Crippen LogP contribution < -0.4 is 0 Å². The fourth-order valence-electron chi connectivity index (χ4n) is 1.34. The average Bonchev–Trinajstić information content (AvgIpc) is 3.29. The van der Waals surface area contributed by atoms with Crippen LogP contribution in [0.15, 0.2) is 70.5 Å². The SMILES string of the molecule is C1CO1.O=S(=O)(c1ccccc1)c1ccccc1. The van der Waals surface area contributed by atoms with Crippen LogP contribution in [0.3, 0.4) is 0 Å². The summed E-state index contributed by atoms with van der Waals surface area (Å²) in [4.78, 5) is 0.660. The molecule has 1 heterocycles. The molecule has 2 aromatic carbocycles. The first-order valence-corrected chi connectivity index (χ1v) is 7.12. The fraction of sp³-hybridized carbons (Fsp3) is 0.143. The van der Waals surface area contributed by atoms with E-state index < -0.39 is 9.84 Å². The molecule has 18 heavy (non-hydrogen) atoms. The Bertz CT molecular complexity index is 527. The van der Waals surface area contributed by atoms with Crippen LogP contribution in [0.2, 0.25) is 0 Å². The Labute approximate surface area is 107 Å². The maximum atomic E-state index is 12.0. The molecule has 3 rings (SSSR count). The molecule has 94 valence electrons. The summed E-state index contributed by atoms with van der Waals surface area (Å²) in [6, 6.07) is 16.9. The Kier molecular flexibility index (Phi) is 4.12. The lowest BCUT2D eigenvalue weighted by Crippen LogP contribution is -2.00. The minimum absolute atomic E-state index is 0.330. The predicted octanol–water partition coefficient (Wildman–Crippen LogP) is 2.54. The zero-order valence-electron chi connectivity index (χ0n) is 9.82. The lowest BCUT2D eigenvalue weighted by Gasteiger charge is -2.03. The summed E-state index contributed by atoms with van der Waals surface area (Å²) in [5.74, 6) is 0. The van der Waals surface area contributed by atoms with Gasteiger partial charge < -0.3 is 4.74 Å². The van der Waals surface area contributed by atoms with Gasteiger partial charge in [-0.25, -0.2) is 8.42 Å². The molecular weight excluding hydrogens is 248 g/mol. The summed E-state index contributed by atoms with van der Waals surface area (Å²) in [5.41, 5.74) is 0. The molecule has 1 aliphatic rings. The minimum atomic E-state index is -3.34. The van der Waals surface area contributed by atoms with Crippen LogP contribution in [0, 0.1) is 0 Å². The fourth-order valence-corrected chi connectivity index (χ4v) is 2.64. The van der Waals surface area contributed by atoms with Gasteiger partial charge in [0.2, 0.25) is 9.84 Å². The smallest absolute Gasteiger partial charge is 0.206 e. The number of ether oxygens (including phenoxy) is 1. The first kappa shape index (κ1) is 12.8. The maximum Gasteiger partial charge on any atom is 0.206 e. The van der Waals surface area contributed by atoms with Gasteiger partial charge in [-0.15, -0.1) is 0 Å². The molecule has 0 aromatic heterocycles. The van der Waals surface area contributed by atoms with Gasteiger partial charge in [0, 0.05) is 0 Å². The molecule has 0 bridgehead atoms. The van der Waals surface area contributed by atoms with Gasteiger partial charge in [0.25, 0.3) is 0 Å². The van der Waals surface area contributed by atoms with Crippen molar-refractivity contribution < 1.29 is 13.2 Å². The third kappa shape index (κ3) is 3.42. The lowest BCUT2D eigenvalue weighted by molar-refractivity contribution is 0.475. The van der Waals surface area contributed by atoms with Crippen molar-refractivity contribution in [1.29, 1.82) is 0 Å². The third-order valence-electron chi connectivity index (χ3n) is 2.31. The van der Waals surface area contributed by atoms with Crippen molar-refractivity contribution in [2.75, 3.05) is 13.2 Å². The van der Waals surface area contributed by atoms with Gasteiger partial charge in [-0.2, -0.15) is 0 Å². The number of epoxide rings is 1. The van der Waals surface area contributed by atoms with Crippen molar-refractivity contribution >= 4 is 9.84 Å². The van der Waals surface area contributed by atoms with Crippen LogP contribution in [0.4, 0.5) is 0 Å². The van der Waals surface area contributed by atoms with Crippen molar-refractivity contribution in [2.24, 2.45) is 0 Å². The van der Waals surface area contributed by atoms with E-state index in [0.29, 0.717) is 9.79 Å². The monoisotopic (exact) mass is 262 g/mol. The van der Waals surface area contributed by atoms with Gasteiger partial charge >= 0.3 is 0 Å². The van der Waals surface area contributed by atoms with Gasteiger partial charge in [0.15, 0.2) is 0 Å². The predicted molar refractivity (Wildman–Crippen MR) is 69.2 cm³/mol. The Morgan fingerprint density at radius 3 is 1.33 bits per heavy atom. The molecule has 0 unspecified atom stereocenters. The summed E-state index contributed by atoms with van der Waals surface area (Å²) >= 11 is 0. The van der Waals surface area contributed by atoms with Crippen molar-refractivity contribution in [3.8, 4) is 0 Å². The molecule has 0 aliphatic carbocycles. The quantitative estimate of drug-likeness (QED) is 0.781. The van der Waals surface area contributed by atoms with Crippen LogP contribution in [-0.4, -0.2) is 21.6 Å². The summed E-state index contributed by atoms with van der Waals surface area (Å²) < 4.78 is 28.6. The molecule has 3 nitrogen and oxygen atoms in total. The molecule has 1 saturated heterocycles. The largest absolute Gasteiger partial charge is 0.377 e. The zero-order valence-corrected chi connectivity index (χ0v) is 10.6. The van der Waals surface area contributed by atoms with Crippen molar-refractivity contribution in [1.82, 2.24) is 0 Å². The van der Waals surface area contributed by atoms with E-state index in [9.17, 15) is 8.42 Å². The van der Waals surface area contributed by atoms with Crippen LogP contribution in [0.1, 0.15) is 0 Å². The number of sulfone groups is 1. The minimum Gasteiger partial charge on any atom is -0.377 e. The number of hydrogen-bond acceptors (Lipinski definition) is 3. The average molecular weight is 262 g/mol. The van der Waals surface area contributed by atoms with E-state index in [1.165, 1.54) is 0 Å².